The summed E-state index contributed by atoms with van der Waals surface area (Å²) in [5.41, 5.74) is 1.67. The molecule has 1 atom stereocenters. The molecule has 6 nitrogen and oxygen atoms in total. The van der Waals surface area contributed by atoms with Crippen LogP contribution >= 0.6 is 11.3 Å². The Kier molecular flexibility index (Phi) is 4.67. The Labute approximate surface area is 144 Å². The minimum atomic E-state index is -0.102. The van der Waals surface area contributed by atoms with Crippen molar-refractivity contribution in [2.24, 2.45) is 0 Å². The molecular formula is C17H17N3O3S. The minimum absolute atomic E-state index is 0.0414. The quantitative estimate of drug-likeness (QED) is 0.834. The van der Waals surface area contributed by atoms with Crippen molar-refractivity contribution in [3.8, 4) is 28.1 Å². The Morgan fingerprint density at radius 2 is 2.25 bits per heavy atom. The van der Waals surface area contributed by atoms with E-state index in [9.17, 15) is 4.79 Å². The zero-order valence-corrected chi connectivity index (χ0v) is 14.3. The summed E-state index contributed by atoms with van der Waals surface area (Å²) < 4.78 is 10.7. The van der Waals surface area contributed by atoms with Crippen LogP contribution in [0.4, 0.5) is 0 Å². The van der Waals surface area contributed by atoms with Gasteiger partial charge >= 0.3 is 0 Å². The van der Waals surface area contributed by atoms with Gasteiger partial charge in [-0.15, -0.1) is 11.3 Å². The molecule has 7 heteroatoms. The highest BCUT2D eigenvalue weighted by atomic mass is 32.1. The van der Waals surface area contributed by atoms with Crippen molar-refractivity contribution in [1.29, 1.82) is 5.26 Å². The van der Waals surface area contributed by atoms with Crippen LogP contribution in [0.3, 0.4) is 0 Å². The van der Waals surface area contributed by atoms with Crippen LogP contribution in [0.5, 0.6) is 11.5 Å². The number of rotatable bonds is 5. The van der Waals surface area contributed by atoms with E-state index in [4.69, 9.17) is 14.7 Å². The number of carbonyl (C=O) groups excluding carboxylic acids is 1. The molecule has 0 spiro atoms. The molecule has 1 unspecified atom stereocenters. The van der Waals surface area contributed by atoms with Crippen molar-refractivity contribution >= 4 is 17.2 Å². The summed E-state index contributed by atoms with van der Waals surface area (Å²) in [6.45, 7) is 2.10. The zero-order valence-electron chi connectivity index (χ0n) is 13.5. The van der Waals surface area contributed by atoms with Crippen molar-refractivity contribution in [1.82, 2.24) is 9.88 Å². The maximum Gasteiger partial charge on any atom is 0.231 e. The number of fused-ring (bicyclic) bond motifs is 1. The molecule has 1 aromatic heterocycles. The normalized spacial score (nSPS) is 13.4. The molecule has 124 valence electrons. The van der Waals surface area contributed by atoms with Gasteiger partial charge in [0.1, 0.15) is 5.01 Å². The molecule has 1 aromatic carbocycles. The highest BCUT2D eigenvalue weighted by Gasteiger charge is 2.18. The second-order valence-corrected chi connectivity index (χ2v) is 6.46. The van der Waals surface area contributed by atoms with Crippen LogP contribution in [0.15, 0.2) is 23.6 Å². The third-order valence-electron chi connectivity index (χ3n) is 3.94. The van der Waals surface area contributed by atoms with E-state index in [0.29, 0.717) is 12.2 Å². The van der Waals surface area contributed by atoms with E-state index < -0.39 is 0 Å². The van der Waals surface area contributed by atoms with Gasteiger partial charge in [0.15, 0.2) is 11.5 Å². The van der Waals surface area contributed by atoms with Gasteiger partial charge in [-0.3, -0.25) is 4.79 Å². The molecule has 0 radical (unpaired) electrons. The van der Waals surface area contributed by atoms with Crippen LogP contribution in [-0.2, 0) is 11.2 Å². The van der Waals surface area contributed by atoms with Gasteiger partial charge in [-0.25, -0.2) is 4.98 Å². The molecule has 3 rings (SSSR count). The van der Waals surface area contributed by atoms with Gasteiger partial charge < -0.3 is 14.4 Å². The number of hydrogen-bond donors (Lipinski definition) is 0. The maximum absolute atomic E-state index is 12.3. The van der Waals surface area contributed by atoms with Gasteiger partial charge in [-0.05, 0) is 25.1 Å². The fraction of sp³-hybridized carbons (Fsp3) is 0.353. The van der Waals surface area contributed by atoms with Gasteiger partial charge in [-0.2, -0.15) is 5.26 Å². The summed E-state index contributed by atoms with van der Waals surface area (Å²) >= 11 is 1.49. The molecule has 0 aliphatic carbocycles. The van der Waals surface area contributed by atoms with E-state index in [0.717, 1.165) is 22.0 Å². The third-order valence-corrected chi connectivity index (χ3v) is 4.89. The lowest BCUT2D eigenvalue weighted by atomic mass is 10.2. The first kappa shape index (κ1) is 16.3. The van der Waals surface area contributed by atoms with Gasteiger partial charge in [0, 0.05) is 24.0 Å². The number of hydrogen-bond acceptors (Lipinski definition) is 6. The summed E-state index contributed by atoms with van der Waals surface area (Å²) in [5, 5.41) is 11.5. The number of nitriles is 1. The average molecular weight is 343 g/mol. The standard InChI is InChI=1S/C17H17N3O3S/c1-11(5-6-18)20(2)16(21)8-13-9-24-17(19-13)12-3-4-14-15(7-12)23-10-22-14/h3-4,7,9,11H,5,8,10H2,1-2H3. The van der Waals surface area contributed by atoms with Crippen LogP contribution in [0.2, 0.25) is 0 Å². The van der Waals surface area contributed by atoms with E-state index in [1.165, 1.54) is 11.3 Å². The first-order valence-corrected chi connectivity index (χ1v) is 8.43. The number of carbonyl (C=O) groups is 1. The number of thiazole rings is 1. The molecule has 0 saturated carbocycles. The summed E-state index contributed by atoms with van der Waals surface area (Å²) in [6, 6.07) is 7.67. The first-order valence-electron chi connectivity index (χ1n) is 7.55. The number of likely N-dealkylation sites (N-methyl/N-ethyl adjacent to an activating group) is 1. The number of benzene rings is 1. The number of amides is 1. The Morgan fingerprint density at radius 1 is 1.46 bits per heavy atom. The molecule has 1 aliphatic heterocycles. The Balaban J connectivity index is 1.70. The van der Waals surface area contributed by atoms with Crippen LogP contribution in [0.1, 0.15) is 19.0 Å². The fourth-order valence-corrected chi connectivity index (χ4v) is 3.16. The third kappa shape index (κ3) is 3.34. The maximum atomic E-state index is 12.3. The van der Waals surface area contributed by atoms with E-state index in [1.54, 1.807) is 11.9 Å². The van der Waals surface area contributed by atoms with E-state index in [1.807, 2.05) is 30.5 Å². The average Bonchev–Trinajstić information content (AvgIpc) is 3.22. The second kappa shape index (κ2) is 6.89. The van der Waals surface area contributed by atoms with Crippen LogP contribution < -0.4 is 9.47 Å². The van der Waals surface area contributed by atoms with Gasteiger partial charge in [0.05, 0.1) is 24.6 Å². The Hall–Kier alpha value is -2.59. The number of aromatic nitrogens is 1. The molecule has 2 heterocycles. The van der Waals surface area contributed by atoms with Crippen LogP contribution in [0.25, 0.3) is 10.6 Å². The molecule has 24 heavy (non-hydrogen) atoms. The second-order valence-electron chi connectivity index (χ2n) is 5.60. The molecule has 1 amide bonds. The fourth-order valence-electron chi connectivity index (χ4n) is 2.34. The summed E-state index contributed by atoms with van der Waals surface area (Å²) in [7, 11) is 1.72. The SMILES string of the molecule is CC(CC#N)N(C)C(=O)Cc1csc(-c2ccc3c(c2)OCO3)n1. The van der Waals surface area contributed by atoms with Crippen LogP contribution in [-0.4, -0.2) is 35.7 Å². The number of nitrogens with zero attached hydrogens (tertiary/aromatic N) is 3. The molecule has 0 saturated heterocycles. The Bertz CT molecular complexity index is 797. The van der Waals surface area contributed by atoms with Crippen molar-refractivity contribution < 1.29 is 14.3 Å². The molecule has 0 fully saturated rings. The first-order chi connectivity index (χ1) is 11.6. The predicted molar refractivity (Wildman–Crippen MR) is 89.8 cm³/mol. The monoisotopic (exact) mass is 343 g/mol. The molecule has 0 bridgehead atoms. The molecule has 1 aliphatic rings. The van der Waals surface area contributed by atoms with Crippen molar-refractivity contribution in [3.63, 3.8) is 0 Å². The molecule has 2 aromatic rings. The van der Waals surface area contributed by atoms with Crippen molar-refractivity contribution in [2.45, 2.75) is 25.8 Å². The number of ether oxygens (including phenoxy) is 2. The van der Waals surface area contributed by atoms with Gasteiger partial charge in [-0.1, -0.05) is 0 Å². The predicted octanol–water partition coefficient (Wildman–Crippen LogP) is 2.84. The van der Waals surface area contributed by atoms with E-state index in [-0.39, 0.29) is 25.2 Å². The highest BCUT2D eigenvalue weighted by Crippen LogP contribution is 2.36. The summed E-state index contributed by atoms with van der Waals surface area (Å²) in [4.78, 5) is 18.4. The van der Waals surface area contributed by atoms with Crippen molar-refractivity contribution in [3.05, 3.63) is 29.3 Å². The minimum Gasteiger partial charge on any atom is -0.454 e. The lowest BCUT2D eigenvalue weighted by Crippen LogP contribution is -2.35. The summed E-state index contributed by atoms with van der Waals surface area (Å²) in [5.74, 6) is 1.41. The van der Waals surface area contributed by atoms with E-state index in [2.05, 4.69) is 11.1 Å². The lowest BCUT2D eigenvalue weighted by molar-refractivity contribution is -0.130. The van der Waals surface area contributed by atoms with Crippen LogP contribution in [0, 0.1) is 11.3 Å². The van der Waals surface area contributed by atoms with E-state index >= 15 is 0 Å². The van der Waals surface area contributed by atoms with Gasteiger partial charge in [0.25, 0.3) is 0 Å². The topological polar surface area (TPSA) is 75.5 Å². The molecular weight excluding hydrogens is 326 g/mol. The Morgan fingerprint density at radius 3 is 3.04 bits per heavy atom. The highest BCUT2D eigenvalue weighted by molar-refractivity contribution is 7.13. The largest absolute Gasteiger partial charge is 0.454 e. The zero-order chi connectivity index (χ0) is 17.1. The summed E-state index contributed by atoms with van der Waals surface area (Å²) in [6.07, 6.45) is 0.551. The van der Waals surface area contributed by atoms with Gasteiger partial charge in [0.2, 0.25) is 12.7 Å². The lowest BCUT2D eigenvalue weighted by Gasteiger charge is -2.22. The van der Waals surface area contributed by atoms with Crippen molar-refractivity contribution in [2.75, 3.05) is 13.8 Å². The smallest absolute Gasteiger partial charge is 0.231 e. The molecule has 0 N–H and O–H groups in total.